The van der Waals surface area contributed by atoms with Gasteiger partial charge in [0.1, 0.15) is 5.82 Å². The Labute approximate surface area is 85.2 Å². The Morgan fingerprint density at radius 1 is 1.20 bits per heavy atom. The molecule has 1 aromatic carbocycles. The van der Waals surface area contributed by atoms with Gasteiger partial charge >= 0.3 is 11.9 Å². The Balaban J connectivity index is 2.56. The summed E-state index contributed by atoms with van der Waals surface area (Å²) in [6.07, 6.45) is 0. The molecule has 0 amide bonds. The molecule has 0 atom stereocenters. The number of halogens is 1. The number of hydrogen-bond acceptors (Lipinski definition) is 3. The highest BCUT2D eigenvalue weighted by atomic mass is 19.1. The Morgan fingerprint density at radius 3 is 2.47 bits per heavy atom. The van der Waals surface area contributed by atoms with Gasteiger partial charge in [-0.25, -0.2) is 14.0 Å². The molecule has 0 radical (unpaired) electrons. The van der Waals surface area contributed by atoms with Crippen LogP contribution < -0.4 is 0 Å². The zero-order valence-corrected chi connectivity index (χ0v) is 7.91. The first-order valence-electron chi connectivity index (χ1n) is 4.33. The van der Waals surface area contributed by atoms with Crippen LogP contribution in [0.2, 0.25) is 0 Å². The van der Waals surface area contributed by atoms with Crippen LogP contribution in [0.1, 0.15) is 12.5 Å². The fourth-order valence-corrected chi connectivity index (χ4v) is 1.45. The van der Waals surface area contributed by atoms with E-state index in [9.17, 15) is 14.0 Å². The van der Waals surface area contributed by atoms with Crippen molar-refractivity contribution in [1.29, 1.82) is 0 Å². The SMILES string of the molecule is CC1=C(c2cccc(F)c2)C(=O)OC1=O. The second kappa shape index (κ2) is 3.31. The maximum atomic E-state index is 12.9. The van der Waals surface area contributed by atoms with Crippen molar-refractivity contribution < 1.29 is 18.7 Å². The number of carbonyl (C=O) groups excluding carboxylic acids is 2. The Hall–Kier alpha value is -1.97. The monoisotopic (exact) mass is 206 g/mol. The van der Waals surface area contributed by atoms with E-state index >= 15 is 0 Å². The fourth-order valence-electron chi connectivity index (χ4n) is 1.45. The van der Waals surface area contributed by atoms with Crippen LogP contribution in [0.5, 0.6) is 0 Å². The van der Waals surface area contributed by atoms with Crippen molar-refractivity contribution in [3.8, 4) is 0 Å². The van der Waals surface area contributed by atoms with Gasteiger partial charge in [-0.3, -0.25) is 0 Å². The lowest BCUT2D eigenvalue weighted by atomic mass is 10.0. The molecule has 0 N–H and O–H groups in total. The van der Waals surface area contributed by atoms with Gasteiger partial charge < -0.3 is 4.74 Å². The van der Waals surface area contributed by atoms with E-state index in [1.165, 1.54) is 25.1 Å². The highest BCUT2D eigenvalue weighted by Gasteiger charge is 2.30. The van der Waals surface area contributed by atoms with Crippen LogP contribution >= 0.6 is 0 Å². The maximum Gasteiger partial charge on any atom is 0.347 e. The average molecular weight is 206 g/mol. The van der Waals surface area contributed by atoms with E-state index in [1.54, 1.807) is 6.07 Å². The van der Waals surface area contributed by atoms with Gasteiger partial charge in [-0.15, -0.1) is 0 Å². The highest BCUT2D eigenvalue weighted by Crippen LogP contribution is 2.26. The molecule has 0 spiro atoms. The first-order chi connectivity index (χ1) is 7.09. The molecule has 0 saturated carbocycles. The second-order valence-electron chi connectivity index (χ2n) is 3.19. The predicted molar refractivity (Wildman–Crippen MR) is 50.1 cm³/mol. The van der Waals surface area contributed by atoms with Crippen LogP contribution in [0.25, 0.3) is 5.57 Å². The topological polar surface area (TPSA) is 43.4 Å². The molecule has 1 aromatic rings. The van der Waals surface area contributed by atoms with E-state index in [2.05, 4.69) is 4.74 Å². The molecular weight excluding hydrogens is 199 g/mol. The first-order valence-corrected chi connectivity index (χ1v) is 4.33. The molecule has 1 aliphatic rings. The summed E-state index contributed by atoms with van der Waals surface area (Å²) in [5.41, 5.74) is 0.716. The van der Waals surface area contributed by atoms with Crippen LogP contribution in [0.4, 0.5) is 4.39 Å². The zero-order valence-electron chi connectivity index (χ0n) is 7.91. The van der Waals surface area contributed by atoms with E-state index in [0.717, 1.165) is 0 Å². The van der Waals surface area contributed by atoms with Gasteiger partial charge in [0.05, 0.1) is 5.57 Å². The number of cyclic esters (lactones) is 2. The summed E-state index contributed by atoms with van der Waals surface area (Å²) in [5, 5.41) is 0. The van der Waals surface area contributed by atoms with E-state index in [-0.39, 0.29) is 11.1 Å². The van der Waals surface area contributed by atoms with Crippen LogP contribution in [0.15, 0.2) is 29.8 Å². The number of esters is 2. The smallest absolute Gasteiger partial charge is 0.347 e. The van der Waals surface area contributed by atoms with Crippen molar-refractivity contribution in [3.05, 3.63) is 41.2 Å². The maximum absolute atomic E-state index is 12.9. The van der Waals surface area contributed by atoms with Crippen LogP contribution in [0, 0.1) is 5.82 Å². The normalized spacial score (nSPS) is 15.9. The summed E-state index contributed by atoms with van der Waals surface area (Å²) in [4.78, 5) is 22.3. The molecule has 3 nitrogen and oxygen atoms in total. The van der Waals surface area contributed by atoms with E-state index in [4.69, 9.17) is 0 Å². The van der Waals surface area contributed by atoms with Gasteiger partial charge in [0.25, 0.3) is 0 Å². The number of carbonyl (C=O) groups is 2. The van der Waals surface area contributed by atoms with Crippen LogP contribution in [0.3, 0.4) is 0 Å². The molecule has 4 heteroatoms. The lowest BCUT2D eigenvalue weighted by Crippen LogP contribution is -2.01. The molecule has 2 rings (SSSR count). The third-order valence-electron chi connectivity index (χ3n) is 2.18. The number of hydrogen-bond donors (Lipinski definition) is 0. The largest absolute Gasteiger partial charge is 0.386 e. The Morgan fingerprint density at radius 2 is 1.93 bits per heavy atom. The van der Waals surface area contributed by atoms with E-state index < -0.39 is 17.8 Å². The molecule has 1 heterocycles. The molecule has 0 unspecified atom stereocenters. The summed E-state index contributed by atoms with van der Waals surface area (Å²) in [6, 6.07) is 5.49. The van der Waals surface area contributed by atoms with Crippen molar-refractivity contribution in [2.45, 2.75) is 6.92 Å². The second-order valence-corrected chi connectivity index (χ2v) is 3.19. The van der Waals surface area contributed by atoms with Crippen molar-refractivity contribution in [2.24, 2.45) is 0 Å². The molecule has 0 aliphatic carbocycles. The summed E-state index contributed by atoms with van der Waals surface area (Å²) in [6.45, 7) is 1.48. The fraction of sp³-hybridized carbons (Fsp3) is 0.0909. The molecule has 15 heavy (non-hydrogen) atoms. The van der Waals surface area contributed by atoms with Crippen LogP contribution in [-0.4, -0.2) is 11.9 Å². The minimum absolute atomic E-state index is 0.138. The van der Waals surface area contributed by atoms with Gasteiger partial charge in [0.15, 0.2) is 0 Å². The summed E-state index contributed by atoms with van der Waals surface area (Å²) >= 11 is 0. The molecule has 1 aliphatic heterocycles. The average Bonchev–Trinajstić information content (AvgIpc) is 2.41. The highest BCUT2D eigenvalue weighted by molar-refractivity contribution is 6.30. The summed E-state index contributed by atoms with van der Waals surface area (Å²) < 4.78 is 17.3. The van der Waals surface area contributed by atoms with Crippen molar-refractivity contribution >= 4 is 17.5 Å². The van der Waals surface area contributed by atoms with Crippen molar-refractivity contribution in [1.82, 2.24) is 0 Å². The number of rotatable bonds is 1. The van der Waals surface area contributed by atoms with Crippen LogP contribution in [-0.2, 0) is 14.3 Å². The molecule has 0 saturated heterocycles. The minimum Gasteiger partial charge on any atom is -0.386 e. The van der Waals surface area contributed by atoms with Gasteiger partial charge in [-0.2, -0.15) is 0 Å². The minimum atomic E-state index is -0.719. The molecule has 0 fully saturated rings. The van der Waals surface area contributed by atoms with Crippen molar-refractivity contribution in [2.75, 3.05) is 0 Å². The molecular formula is C11H7FO3. The molecule has 76 valence electrons. The van der Waals surface area contributed by atoms with Gasteiger partial charge in [0.2, 0.25) is 0 Å². The third kappa shape index (κ3) is 1.54. The number of benzene rings is 1. The standard InChI is InChI=1S/C11H7FO3/c1-6-9(11(14)15-10(6)13)7-3-2-4-8(12)5-7/h2-5H,1H3. The third-order valence-corrected chi connectivity index (χ3v) is 2.18. The van der Waals surface area contributed by atoms with E-state index in [1.807, 2.05) is 0 Å². The molecule has 0 bridgehead atoms. The Bertz CT molecular complexity index is 488. The van der Waals surface area contributed by atoms with Crippen molar-refractivity contribution in [3.63, 3.8) is 0 Å². The van der Waals surface area contributed by atoms with Gasteiger partial charge in [-0.1, -0.05) is 12.1 Å². The lowest BCUT2D eigenvalue weighted by molar-refractivity contribution is -0.150. The summed E-state index contributed by atoms with van der Waals surface area (Å²) in [5.74, 6) is -1.85. The van der Waals surface area contributed by atoms with E-state index in [0.29, 0.717) is 5.56 Å². The van der Waals surface area contributed by atoms with Gasteiger partial charge in [-0.05, 0) is 24.6 Å². The zero-order chi connectivity index (χ0) is 11.0. The first kappa shape index (κ1) is 9.58. The predicted octanol–water partition coefficient (Wildman–Crippen LogP) is 1.68. The quantitative estimate of drug-likeness (QED) is 0.518. The summed E-state index contributed by atoms with van der Waals surface area (Å²) in [7, 11) is 0. The number of ether oxygens (including phenoxy) is 1. The Kier molecular flexibility index (Phi) is 2.11. The van der Waals surface area contributed by atoms with Gasteiger partial charge in [0, 0.05) is 5.57 Å². The molecule has 0 aromatic heterocycles. The lowest BCUT2D eigenvalue weighted by Gasteiger charge is -1.99.